The van der Waals surface area contributed by atoms with Crippen molar-refractivity contribution in [3.63, 3.8) is 0 Å². The molecule has 0 aliphatic carbocycles. The topological polar surface area (TPSA) is 18.5 Å². The summed E-state index contributed by atoms with van der Waals surface area (Å²) in [5.41, 5.74) is 2.03. The van der Waals surface area contributed by atoms with Gasteiger partial charge in [0.25, 0.3) is 0 Å². The minimum atomic E-state index is -0.240. The van der Waals surface area contributed by atoms with Crippen molar-refractivity contribution in [1.29, 1.82) is 0 Å². The van der Waals surface area contributed by atoms with E-state index in [-0.39, 0.29) is 5.38 Å². The molecule has 1 aromatic heterocycles. The van der Waals surface area contributed by atoms with Gasteiger partial charge >= 0.3 is 0 Å². The molecule has 0 spiro atoms. The smallest absolute Gasteiger partial charge is 0.161 e. The van der Waals surface area contributed by atoms with Gasteiger partial charge in [-0.2, -0.15) is 0 Å². The third kappa shape index (κ3) is 3.85. The molecule has 0 saturated carbocycles. The van der Waals surface area contributed by atoms with E-state index < -0.39 is 0 Å². The molecule has 0 aliphatic rings. The normalized spacial score (nSPS) is 12.2. The highest BCUT2D eigenvalue weighted by molar-refractivity contribution is 7.16. The van der Waals surface area contributed by atoms with Gasteiger partial charge in [-0.05, 0) is 50.1 Å². The maximum atomic E-state index is 6.57. The first-order chi connectivity index (χ1) is 10.1. The standard InChI is InChI=1S/C16H18Cl2O2S/c1-4-19-12-7-6-11(9-13(12)20-5-2)15(17)14-8-10(3)16(18)21-14/h6-9,15H,4-5H2,1-3H3. The summed E-state index contributed by atoms with van der Waals surface area (Å²) in [6.07, 6.45) is 0. The van der Waals surface area contributed by atoms with Gasteiger partial charge in [0, 0.05) is 4.88 Å². The van der Waals surface area contributed by atoms with E-state index in [4.69, 9.17) is 32.7 Å². The fourth-order valence-corrected chi connectivity index (χ4v) is 3.55. The average molecular weight is 345 g/mol. The van der Waals surface area contributed by atoms with Crippen LogP contribution in [0.25, 0.3) is 0 Å². The van der Waals surface area contributed by atoms with E-state index in [1.54, 1.807) is 0 Å². The zero-order valence-electron chi connectivity index (χ0n) is 12.3. The molecule has 0 radical (unpaired) electrons. The molecule has 2 rings (SSSR count). The van der Waals surface area contributed by atoms with Gasteiger partial charge in [0.15, 0.2) is 11.5 Å². The monoisotopic (exact) mass is 344 g/mol. The van der Waals surface area contributed by atoms with Gasteiger partial charge in [0.2, 0.25) is 0 Å². The number of rotatable bonds is 6. The summed E-state index contributed by atoms with van der Waals surface area (Å²) in [6.45, 7) is 7.06. The van der Waals surface area contributed by atoms with Crippen molar-refractivity contribution in [3.8, 4) is 11.5 Å². The van der Waals surface area contributed by atoms with Crippen LogP contribution in [0.5, 0.6) is 11.5 Å². The molecule has 0 amide bonds. The molecule has 2 nitrogen and oxygen atoms in total. The Balaban J connectivity index is 2.32. The van der Waals surface area contributed by atoms with Crippen LogP contribution in [0.1, 0.15) is 35.2 Å². The fraction of sp³-hybridized carbons (Fsp3) is 0.375. The number of hydrogen-bond acceptors (Lipinski definition) is 3. The van der Waals surface area contributed by atoms with E-state index in [1.807, 2.05) is 45.0 Å². The number of benzene rings is 1. The molecule has 21 heavy (non-hydrogen) atoms. The molecule has 5 heteroatoms. The van der Waals surface area contributed by atoms with Gasteiger partial charge in [-0.15, -0.1) is 22.9 Å². The van der Waals surface area contributed by atoms with Crippen LogP contribution in [-0.2, 0) is 0 Å². The van der Waals surface area contributed by atoms with Crippen LogP contribution in [0.3, 0.4) is 0 Å². The van der Waals surface area contributed by atoms with Crippen LogP contribution in [0, 0.1) is 6.92 Å². The average Bonchev–Trinajstić information content (AvgIpc) is 2.80. The van der Waals surface area contributed by atoms with Gasteiger partial charge < -0.3 is 9.47 Å². The third-order valence-corrected chi connectivity index (χ3v) is 5.22. The zero-order valence-corrected chi connectivity index (χ0v) is 14.6. The summed E-state index contributed by atoms with van der Waals surface area (Å²) < 4.78 is 12.0. The Morgan fingerprint density at radius 1 is 1.10 bits per heavy atom. The molecule has 1 aromatic carbocycles. The van der Waals surface area contributed by atoms with Gasteiger partial charge in [0.1, 0.15) is 0 Å². The highest BCUT2D eigenvalue weighted by atomic mass is 35.5. The van der Waals surface area contributed by atoms with Crippen LogP contribution in [0.4, 0.5) is 0 Å². The van der Waals surface area contributed by atoms with Crippen molar-refractivity contribution in [2.24, 2.45) is 0 Å². The molecular weight excluding hydrogens is 327 g/mol. The molecule has 1 unspecified atom stereocenters. The summed E-state index contributed by atoms with van der Waals surface area (Å²) in [4.78, 5) is 1.03. The maximum absolute atomic E-state index is 6.57. The lowest BCUT2D eigenvalue weighted by Crippen LogP contribution is -2.00. The van der Waals surface area contributed by atoms with Crippen molar-refractivity contribution < 1.29 is 9.47 Å². The predicted molar refractivity (Wildman–Crippen MR) is 90.5 cm³/mol. The number of aryl methyl sites for hydroxylation is 1. The van der Waals surface area contributed by atoms with Crippen molar-refractivity contribution >= 4 is 34.5 Å². The Hall–Kier alpha value is -0.900. The van der Waals surface area contributed by atoms with E-state index in [2.05, 4.69) is 0 Å². The van der Waals surface area contributed by atoms with Crippen molar-refractivity contribution in [2.75, 3.05) is 13.2 Å². The van der Waals surface area contributed by atoms with E-state index in [1.165, 1.54) is 11.3 Å². The van der Waals surface area contributed by atoms with Gasteiger partial charge in [-0.25, -0.2) is 0 Å². The first-order valence-corrected chi connectivity index (χ1v) is 8.49. The maximum Gasteiger partial charge on any atom is 0.161 e. The van der Waals surface area contributed by atoms with Gasteiger partial charge in [0.05, 0.1) is 22.9 Å². The van der Waals surface area contributed by atoms with Gasteiger partial charge in [-0.1, -0.05) is 17.7 Å². The second kappa shape index (κ2) is 7.39. The largest absolute Gasteiger partial charge is 0.490 e. The van der Waals surface area contributed by atoms with Crippen LogP contribution >= 0.6 is 34.5 Å². The molecule has 0 saturated heterocycles. The molecule has 114 valence electrons. The van der Waals surface area contributed by atoms with E-state index in [0.717, 1.165) is 31.8 Å². The van der Waals surface area contributed by atoms with E-state index in [9.17, 15) is 0 Å². The van der Waals surface area contributed by atoms with Crippen molar-refractivity contribution in [1.82, 2.24) is 0 Å². The van der Waals surface area contributed by atoms with Crippen molar-refractivity contribution in [2.45, 2.75) is 26.1 Å². The van der Waals surface area contributed by atoms with Crippen LogP contribution in [0.15, 0.2) is 24.3 Å². The Bertz CT molecular complexity index is 591. The summed E-state index contributed by atoms with van der Waals surface area (Å²) in [7, 11) is 0. The summed E-state index contributed by atoms with van der Waals surface area (Å²) in [6, 6.07) is 7.84. The van der Waals surface area contributed by atoms with E-state index >= 15 is 0 Å². The van der Waals surface area contributed by atoms with Crippen molar-refractivity contribution in [3.05, 3.63) is 44.6 Å². The number of thiophene rings is 1. The lowest BCUT2D eigenvalue weighted by molar-refractivity contribution is 0.287. The quantitative estimate of drug-likeness (QED) is 0.613. The Morgan fingerprint density at radius 3 is 2.33 bits per heavy atom. The van der Waals surface area contributed by atoms with E-state index in [0.29, 0.717) is 13.2 Å². The zero-order chi connectivity index (χ0) is 15.4. The third-order valence-electron chi connectivity index (χ3n) is 2.99. The molecule has 0 N–H and O–H groups in total. The molecule has 1 heterocycles. The lowest BCUT2D eigenvalue weighted by Gasteiger charge is -2.14. The first kappa shape index (κ1) is 16.5. The minimum absolute atomic E-state index is 0.240. The van der Waals surface area contributed by atoms with Crippen LogP contribution < -0.4 is 9.47 Å². The predicted octanol–water partition coefficient (Wildman–Crippen LogP) is 5.84. The summed E-state index contributed by atoms with van der Waals surface area (Å²) in [5, 5.41) is -0.240. The molecular formula is C16H18Cl2O2S. The lowest BCUT2D eigenvalue weighted by atomic mass is 10.1. The molecule has 1 atom stereocenters. The molecule has 0 aliphatic heterocycles. The SMILES string of the molecule is CCOc1ccc(C(Cl)c2cc(C)c(Cl)s2)cc1OCC. The molecule has 0 fully saturated rings. The first-order valence-electron chi connectivity index (χ1n) is 6.86. The highest BCUT2D eigenvalue weighted by Gasteiger charge is 2.17. The highest BCUT2D eigenvalue weighted by Crippen LogP contribution is 2.40. The number of alkyl halides is 1. The van der Waals surface area contributed by atoms with Crippen LogP contribution in [0.2, 0.25) is 4.34 Å². The fourth-order valence-electron chi connectivity index (χ4n) is 2.00. The van der Waals surface area contributed by atoms with Crippen LogP contribution in [-0.4, -0.2) is 13.2 Å². The summed E-state index contributed by atoms with van der Waals surface area (Å²) >= 11 is 14.2. The summed E-state index contributed by atoms with van der Waals surface area (Å²) in [5.74, 6) is 1.47. The Morgan fingerprint density at radius 2 is 1.76 bits per heavy atom. The number of ether oxygens (including phenoxy) is 2. The second-order valence-corrected chi connectivity index (χ2v) is 6.66. The second-order valence-electron chi connectivity index (χ2n) is 4.54. The number of halogens is 2. The Labute approximate surface area is 139 Å². The Kier molecular flexibility index (Phi) is 5.80. The van der Waals surface area contributed by atoms with Gasteiger partial charge in [-0.3, -0.25) is 0 Å². The minimum Gasteiger partial charge on any atom is -0.490 e. The number of hydrogen-bond donors (Lipinski definition) is 0. The molecule has 0 bridgehead atoms. The molecule has 2 aromatic rings.